The van der Waals surface area contributed by atoms with Gasteiger partial charge in [-0.1, -0.05) is 41.0 Å². The second-order valence-corrected chi connectivity index (χ2v) is 10.0. The maximum atomic E-state index is 12.4. The maximum absolute atomic E-state index is 12.4. The number of hydrogen-bond donors (Lipinski definition) is 2. The van der Waals surface area contributed by atoms with Crippen LogP contribution in [0.3, 0.4) is 0 Å². The van der Waals surface area contributed by atoms with Crippen LogP contribution in [0.5, 0.6) is 0 Å². The first kappa shape index (κ1) is 22.6. The SMILES string of the molecule is Cc1ccc(Cl)cc1NC(=O)CSc1nc2ccc(NC(=O)c3ccc(Cl)cc3)cc2s1. The Morgan fingerprint density at radius 1 is 0.969 bits per heavy atom. The summed E-state index contributed by atoms with van der Waals surface area (Å²) in [4.78, 5) is 29.3. The molecule has 4 aromatic rings. The molecular weight excluding hydrogens is 485 g/mol. The highest BCUT2D eigenvalue weighted by Crippen LogP contribution is 2.31. The van der Waals surface area contributed by atoms with Gasteiger partial charge in [0.05, 0.1) is 16.0 Å². The second-order valence-electron chi connectivity index (χ2n) is 6.92. The first-order valence-electron chi connectivity index (χ1n) is 9.54. The molecule has 0 aliphatic heterocycles. The standard InChI is InChI=1S/C23H17Cl2N3O2S2/c1-13-2-5-16(25)10-19(13)27-21(29)12-31-23-28-18-9-8-17(11-20(18)32-23)26-22(30)14-3-6-15(24)7-4-14/h2-11H,12H2,1H3,(H,26,30)(H,27,29). The number of amides is 2. The van der Waals surface area contributed by atoms with Gasteiger partial charge in [-0.25, -0.2) is 4.98 Å². The van der Waals surface area contributed by atoms with Gasteiger partial charge in [-0.15, -0.1) is 11.3 Å². The quantitative estimate of drug-likeness (QED) is 0.282. The lowest BCUT2D eigenvalue weighted by molar-refractivity contribution is -0.113. The van der Waals surface area contributed by atoms with Crippen molar-refractivity contribution in [3.8, 4) is 0 Å². The summed E-state index contributed by atoms with van der Waals surface area (Å²) >= 11 is 14.7. The van der Waals surface area contributed by atoms with Gasteiger partial charge < -0.3 is 10.6 Å². The zero-order valence-electron chi connectivity index (χ0n) is 16.8. The topological polar surface area (TPSA) is 71.1 Å². The number of carbonyl (C=O) groups excluding carboxylic acids is 2. The minimum Gasteiger partial charge on any atom is -0.325 e. The average molecular weight is 502 g/mol. The Morgan fingerprint density at radius 3 is 2.50 bits per heavy atom. The molecule has 5 nitrogen and oxygen atoms in total. The van der Waals surface area contributed by atoms with E-state index in [0.29, 0.717) is 27.0 Å². The Labute approximate surface area is 203 Å². The van der Waals surface area contributed by atoms with Crippen molar-refractivity contribution < 1.29 is 9.59 Å². The second kappa shape index (κ2) is 9.92. The van der Waals surface area contributed by atoms with E-state index < -0.39 is 0 Å². The Balaban J connectivity index is 1.39. The van der Waals surface area contributed by atoms with Crippen molar-refractivity contribution in [3.05, 3.63) is 81.8 Å². The molecule has 0 fully saturated rings. The molecule has 3 aromatic carbocycles. The van der Waals surface area contributed by atoms with E-state index in [2.05, 4.69) is 15.6 Å². The summed E-state index contributed by atoms with van der Waals surface area (Å²) in [6.07, 6.45) is 0. The van der Waals surface area contributed by atoms with E-state index in [1.54, 1.807) is 42.5 Å². The molecule has 162 valence electrons. The number of anilines is 2. The first-order valence-corrected chi connectivity index (χ1v) is 12.1. The van der Waals surface area contributed by atoms with E-state index >= 15 is 0 Å². The number of rotatable bonds is 6. The van der Waals surface area contributed by atoms with Crippen LogP contribution in [0.15, 0.2) is 65.0 Å². The van der Waals surface area contributed by atoms with Crippen molar-refractivity contribution in [1.82, 2.24) is 4.98 Å². The Morgan fingerprint density at radius 2 is 1.72 bits per heavy atom. The summed E-state index contributed by atoms with van der Waals surface area (Å²) < 4.78 is 1.70. The van der Waals surface area contributed by atoms with Gasteiger partial charge in [-0.2, -0.15) is 0 Å². The van der Waals surface area contributed by atoms with Gasteiger partial charge >= 0.3 is 0 Å². The fraction of sp³-hybridized carbons (Fsp3) is 0.0870. The Kier molecular flexibility index (Phi) is 7.01. The minimum atomic E-state index is -0.215. The zero-order chi connectivity index (χ0) is 22.7. The minimum absolute atomic E-state index is 0.129. The highest BCUT2D eigenvalue weighted by molar-refractivity contribution is 8.01. The number of benzene rings is 3. The monoisotopic (exact) mass is 501 g/mol. The van der Waals surface area contributed by atoms with E-state index in [9.17, 15) is 9.59 Å². The number of thiazole rings is 1. The lowest BCUT2D eigenvalue weighted by Crippen LogP contribution is -2.14. The number of nitrogens with zero attached hydrogens (tertiary/aromatic N) is 1. The first-order chi connectivity index (χ1) is 15.4. The van der Waals surface area contributed by atoms with Crippen LogP contribution in [0.25, 0.3) is 10.2 Å². The van der Waals surface area contributed by atoms with E-state index in [1.807, 2.05) is 25.1 Å². The number of hydrogen-bond acceptors (Lipinski definition) is 5. The van der Waals surface area contributed by atoms with E-state index in [-0.39, 0.29) is 17.6 Å². The van der Waals surface area contributed by atoms with Crippen molar-refractivity contribution >= 4 is 79.7 Å². The number of aryl methyl sites for hydroxylation is 1. The summed E-state index contributed by atoms with van der Waals surface area (Å²) in [5, 5.41) is 6.91. The number of aromatic nitrogens is 1. The van der Waals surface area contributed by atoms with Crippen molar-refractivity contribution in [3.63, 3.8) is 0 Å². The van der Waals surface area contributed by atoms with Crippen LogP contribution in [0, 0.1) is 6.92 Å². The molecule has 0 radical (unpaired) electrons. The van der Waals surface area contributed by atoms with Crippen LogP contribution in [-0.2, 0) is 4.79 Å². The molecule has 2 amide bonds. The summed E-state index contributed by atoms with van der Waals surface area (Å²) in [7, 11) is 0. The molecule has 2 N–H and O–H groups in total. The summed E-state index contributed by atoms with van der Waals surface area (Å²) in [5.41, 5.74) is 3.66. The van der Waals surface area contributed by atoms with Gasteiger partial charge in [0.2, 0.25) is 5.91 Å². The Bertz CT molecular complexity index is 1310. The smallest absolute Gasteiger partial charge is 0.255 e. The molecule has 0 atom stereocenters. The third kappa shape index (κ3) is 5.61. The molecule has 4 rings (SSSR count). The lowest BCUT2D eigenvalue weighted by atomic mass is 10.2. The molecule has 0 spiro atoms. The number of thioether (sulfide) groups is 1. The molecule has 1 heterocycles. The van der Waals surface area contributed by atoms with Crippen molar-refractivity contribution in [2.24, 2.45) is 0 Å². The van der Waals surface area contributed by atoms with Gasteiger partial charge in [-0.05, 0) is 67.1 Å². The summed E-state index contributed by atoms with van der Waals surface area (Å²) in [6, 6.07) is 17.6. The number of carbonyl (C=O) groups is 2. The van der Waals surface area contributed by atoms with Crippen LogP contribution < -0.4 is 10.6 Å². The van der Waals surface area contributed by atoms with Crippen LogP contribution >= 0.6 is 46.3 Å². The fourth-order valence-corrected chi connectivity index (χ4v) is 5.10. The normalized spacial score (nSPS) is 10.8. The van der Waals surface area contributed by atoms with Crippen molar-refractivity contribution in [1.29, 1.82) is 0 Å². The highest BCUT2D eigenvalue weighted by atomic mass is 35.5. The fourth-order valence-electron chi connectivity index (χ4n) is 2.89. The van der Waals surface area contributed by atoms with Gasteiger partial charge in [0.1, 0.15) is 0 Å². The number of fused-ring (bicyclic) bond motifs is 1. The summed E-state index contributed by atoms with van der Waals surface area (Å²) in [6.45, 7) is 1.91. The van der Waals surface area contributed by atoms with E-state index in [4.69, 9.17) is 23.2 Å². The van der Waals surface area contributed by atoms with Crippen LogP contribution in [0.1, 0.15) is 15.9 Å². The average Bonchev–Trinajstić information content (AvgIpc) is 3.17. The van der Waals surface area contributed by atoms with Gasteiger partial charge in [0.15, 0.2) is 4.34 Å². The third-order valence-electron chi connectivity index (χ3n) is 4.53. The maximum Gasteiger partial charge on any atom is 0.255 e. The van der Waals surface area contributed by atoms with Gasteiger partial charge in [0, 0.05) is 27.0 Å². The van der Waals surface area contributed by atoms with Crippen LogP contribution in [0.2, 0.25) is 10.0 Å². The molecule has 0 saturated carbocycles. The van der Waals surface area contributed by atoms with Crippen molar-refractivity contribution in [2.75, 3.05) is 16.4 Å². The van der Waals surface area contributed by atoms with Gasteiger partial charge in [0.25, 0.3) is 5.91 Å². The molecule has 0 unspecified atom stereocenters. The molecule has 32 heavy (non-hydrogen) atoms. The highest BCUT2D eigenvalue weighted by Gasteiger charge is 2.11. The number of nitrogens with one attached hydrogen (secondary N) is 2. The van der Waals surface area contributed by atoms with Crippen molar-refractivity contribution in [2.45, 2.75) is 11.3 Å². The van der Waals surface area contributed by atoms with E-state index in [1.165, 1.54) is 23.1 Å². The summed E-state index contributed by atoms with van der Waals surface area (Å²) in [5.74, 6) is -0.116. The molecular formula is C23H17Cl2N3O2S2. The van der Waals surface area contributed by atoms with Crippen LogP contribution in [-0.4, -0.2) is 22.6 Å². The predicted octanol–water partition coefficient (Wildman–Crippen LogP) is 6.89. The predicted molar refractivity (Wildman–Crippen MR) is 135 cm³/mol. The van der Waals surface area contributed by atoms with Crippen LogP contribution in [0.4, 0.5) is 11.4 Å². The molecule has 0 bridgehead atoms. The molecule has 0 saturated heterocycles. The largest absolute Gasteiger partial charge is 0.325 e. The molecule has 1 aromatic heterocycles. The zero-order valence-corrected chi connectivity index (χ0v) is 20.0. The Hall–Kier alpha value is -2.58. The number of halogens is 2. The molecule has 0 aliphatic carbocycles. The molecule has 0 aliphatic rings. The van der Waals surface area contributed by atoms with E-state index in [0.717, 1.165) is 20.1 Å². The molecule has 9 heteroatoms. The lowest BCUT2D eigenvalue weighted by Gasteiger charge is -2.08. The third-order valence-corrected chi connectivity index (χ3v) is 7.18. The van der Waals surface area contributed by atoms with Gasteiger partial charge in [-0.3, -0.25) is 9.59 Å².